The average Bonchev–Trinajstić information content (AvgIpc) is 2.29. The Labute approximate surface area is 102 Å². The first-order chi connectivity index (χ1) is 7.85. The van der Waals surface area contributed by atoms with Crippen LogP contribution in [0, 0.1) is 0 Å². The van der Waals surface area contributed by atoms with Crippen molar-refractivity contribution in [1.82, 2.24) is 4.90 Å². The van der Waals surface area contributed by atoms with Gasteiger partial charge in [-0.05, 0) is 19.3 Å². The lowest BCUT2D eigenvalue weighted by Crippen LogP contribution is -2.24. The van der Waals surface area contributed by atoms with Crippen molar-refractivity contribution in [3.63, 3.8) is 0 Å². The highest BCUT2D eigenvalue weighted by atomic mass is 15.1. The molecule has 0 saturated carbocycles. The van der Waals surface area contributed by atoms with Crippen LogP contribution in [0.15, 0.2) is 36.5 Å². The third kappa shape index (κ3) is 9.72. The number of rotatable bonds is 9. The topological polar surface area (TPSA) is 3.24 Å². The van der Waals surface area contributed by atoms with E-state index in [2.05, 4.69) is 62.1 Å². The van der Waals surface area contributed by atoms with Gasteiger partial charge in [-0.1, -0.05) is 57.2 Å². The van der Waals surface area contributed by atoms with Gasteiger partial charge in [0.1, 0.15) is 0 Å². The van der Waals surface area contributed by atoms with Gasteiger partial charge < -0.3 is 0 Å². The van der Waals surface area contributed by atoms with Crippen LogP contribution in [0.25, 0.3) is 0 Å². The molecule has 0 heterocycles. The van der Waals surface area contributed by atoms with Crippen molar-refractivity contribution in [3.8, 4) is 0 Å². The number of nitrogens with zero attached hydrogens (tertiary/aromatic N) is 1. The Kier molecular flexibility index (Phi) is 11.6. The standard InChI is InChI=1S/C15H27N/c1-4-7-10-13-16(14-11-8-5-2)15-12-9-6-3/h7-12H,4-6,13-15H2,1-3H3. The van der Waals surface area contributed by atoms with Crippen LogP contribution in [0.1, 0.15) is 40.0 Å². The van der Waals surface area contributed by atoms with E-state index in [0.717, 1.165) is 38.9 Å². The van der Waals surface area contributed by atoms with Gasteiger partial charge >= 0.3 is 0 Å². The first-order valence-corrected chi connectivity index (χ1v) is 6.52. The normalized spacial score (nSPS) is 12.8. The van der Waals surface area contributed by atoms with E-state index >= 15 is 0 Å². The van der Waals surface area contributed by atoms with Crippen LogP contribution in [0.5, 0.6) is 0 Å². The van der Waals surface area contributed by atoms with Crippen LogP contribution in [-0.2, 0) is 0 Å². The monoisotopic (exact) mass is 221 g/mol. The van der Waals surface area contributed by atoms with Crippen molar-refractivity contribution in [3.05, 3.63) is 36.5 Å². The minimum absolute atomic E-state index is 1.05. The zero-order valence-corrected chi connectivity index (χ0v) is 11.2. The maximum atomic E-state index is 2.44. The summed E-state index contributed by atoms with van der Waals surface area (Å²) in [6.07, 6.45) is 16.9. The van der Waals surface area contributed by atoms with Gasteiger partial charge in [0.25, 0.3) is 0 Å². The van der Waals surface area contributed by atoms with Gasteiger partial charge in [0.2, 0.25) is 0 Å². The first-order valence-electron chi connectivity index (χ1n) is 6.52. The van der Waals surface area contributed by atoms with Gasteiger partial charge in [-0.15, -0.1) is 0 Å². The van der Waals surface area contributed by atoms with Crippen molar-refractivity contribution >= 4 is 0 Å². The average molecular weight is 221 g/mol. The van der Waals surface area contributed by atoms with E-state index < -0.39 is 0 Å². The van der Waals surface area contributed by atoms with E-state index in [-0.39, 0.29) is 0 Å². The summed E-state index contributed by atoms with van der Waals surface area (Å²) in [5, 5.41) is 0. The Morgan fingerprint density at radius 2 is 0.875 bits per heavy atom. The molecule has 0 radical (unpaired) electrons. The van der Waals surface area contributed by atoms with Gasteiger partial charge in [-0.3, -0.25) is 4.90 Å². The molecule has 0 spiro atoms. The van der Waals surface area contributed by atoms with Crippen molar-refractivity contribution in [1.29, 1.82) is 0 Å². The highest BCUT2D eigenvalue weighted by molar-refractivity contribution is 4.92. The van der Waals surface area contributed by atoms with Crippen LogP contribution in [-0.4, -0.2) is 24.5 Å². The summed E-state index contributed by atoms with van der Waals surface area (Å²) in [5.41, 5.74) is 0. The fourth-order valence-corrected chi connectivity index (χ4v) is 1.39. The van der Waals surface area contributed by atoms with Crippen molar-refractivity contribution in [2.24, 2.45) is 0 Å². The molecule has 0 aromatic rings. The van der Waals surface area contributed by atoms with Gasteiger partial charge in [-0.25, -0.2) is 0 Å². The number of allylic oxidation sites excluding steroid dienone is 3. The molecule has 0 aromatic heterocycles. The summed E-state index contributed by atoms with van der Waals surface area (Å²) in [4.78, 5) is 2.44. The van der Waals surface area contributed by atoms with Gasteiger partial charge in [0.15, 0.2) is 0 Å². The molecule has 92 valence electrons. The molecule has 0 saturated heterocycles. The Balaban J connectivity index is 3.99. The van der Waals surface area contributed by atoms with Crippen LogP contribution < -0.4 is 0 Å². The zero-order valence-electron chi connectivity index (χ0n) is 11.2. The molecular weight excluding hydrogens is 194 g/mol. The van der Waals surface area contributed by atoms with Crippen LogP contribution in [0.3, 0.4) is 0 Å². The minimum atomic E-state index is 1.05. The van der Waals surface area contributed by atoms with Gasteiger partial charge in [0.05, 0.1) is 0 Å². The summed E-state index contributed by atoms with van der Waals surface area (Å²) >= 11 is 0. The molecule has 0 aromatic carbocycles. The summed E-state index contributed by atoms with van der Waals surface area (Å²) in [7, 11) is 0. The SMILES string of the molecule is CCC=CCN(CC=CCC)CC=CCC. The Morgan fingerprint density at radius 1 is 0.562 bits per heavy atom. The lowest BCUT2D eigenvalue weighted by molar-refractivity contribution is 0.371. The maximum absolute atomic E-state index is 2.44. The second-order valence-corrected chi connectivity index (χ2v) is 3.86. The smallest absolute Gasteiger partial charge is 0.0169 e. The molecule has 0 fully saturated rings. The summed E-state index contributed by atoms with van der Waals surface area (Å²) in [6, 6.07) is 0. The van der Waals surface area contributed by atoms with Gasteiger partial charge in [-0.2, -0.15) is 0 Å². The highest BCUT2D eigenvalue weighted by Gasteiger charge is 1.96. The third-order valence-corrected chi connectivity index (χ3v) is 2.30. The van der Waals surface area contributed by atoms with Crippen LogP contribution in [0.2, 0.25) is 0 Å². The van der Waals surface area contributed by atoms with E-state index in [4.69, 9.17) is 0 Å². The Bertz CT molecular complexity index is 175. The van der Waals surface area contributed by atoms with E-state index in [1.165, 1.54) is 0 Å². The lowest BCUT2D eigenvalue weighted by Gasteiger charge is -2.16. The van der Waals surface area contributed by atoms with Crippen molar-refractivity contribution in [2.45, 2.75) is 40.0 Å². The van der Waals surface area contributed by atoms with E-state index in [1.54, 1.807) is 0 Å². The second-order valence-electron chi connectivity index (χ2n) is 3.86. The molecule has 0 unspecified atom stereocenters. The molecule has 0 bridgehead atoms. The molecule has 0 rings (SSSR count). The third-order valence-electron chi connectivity index (χ3n) is 2.30. The van der Waals surface area contributed by atoms with Crippen molar-refractivity contribution < 1.29 is 0 Å². The van der Waals surface area contributed by atoms with E-state index in [0.29, 0.717) is 0 Å². The number of hydrogen-bond acceptors (Lipinski definition) is 1. The molecule has 0 aliphatic heterocycles. The molecule has 0 amide bonds. The predicted octanol–water partition coefficient (Wildman–Crippen LogP) is 4.19. The molecule has 1 heteroatoms. The van der Waals surface area contributed by atoms with Crippen LogP contribution in [0.4, 0.5) is 0 Å². The van der Waals surface area contributed by atoms with Gasteiger partial charge in [0, 0.05) is 19.6 Å². The number of hydrogen-bond donors (Lipinski definition) is 0. The van der Waals surface area contributed by atoms with Crippen LogP contribution >= 0.6 is 0 Å². The highest BCUT2D eigenvalue weighted by Crippen LogP contribution is 1.94. The Hall–Kier alpha value is -0.820. The first kappa shape index (κ1) is 15.2. The second kappa shape index (κ2) is 12.3. The molecule has 16 heavy (non-hydrogen) atoms. The molecule has 0 atom stereocenters. The van der Waals surface area contributed by atoms with E-state index in [1.807, 2.05) is 0 Å². The largest absolute Gasteiger partial charge is 0.292 e. The molecule has 0 aliphatic rings. The molecule has 1 nitrogen and oxygen atoms in total. The van der Waals surface area contributed by atoms with Crippen molar-refractivity contribution in [2.75, 3.05) is 19.6 Å². The molecule has 0 aliphatic carbocycles. The summed E-state index contributed by atoms with van der Waals surface area (Å²) in [6.45, 7) is 9.68. The fourth-order valence-electron chi connectivity index (χ4n) is 1.39. The Morgan fingerprint density at radius 3 is 1.12 bits per heavy atom. The summed E-state index contributed by atoms with van der Waals surface area (Å²) in [5.74, 6) is 0. The maximum Gasteiger partial charge on any atom is 0.0169 e. The predicted molar refractivity (Wildman–Crippen MR) is 74.7 cm³/mol. The zero-order chi connectivity index (χ0) is 12.1. The lowest BCUT2D eigenvalue weighted by atomic mass is 10.3. The fraction of sp³-hybridized carbons (Fsp3) is 0.600. The molecule has 0 N–H and O–H groups in total. The minimum Gasteiger partial charge on any atom is -0.292 e. The van der Waals surface area contributed by atoms with E-state index in [9.17, 15) is 0 Å². The quantitative estimate of drug-likeness (QED) is 0.528. The molecular formula is C15H27N. The summed E-state index contributed by atoms with van der Waals surface area (Å²) < 4.78 is 0.